The van der Waals surface area contributed by atoms with E-state index < -0.39 is 6.10 Å². The molecule has 0 bridgehead atoms. The smallest absolute Gasteiger partial charge is 0.112 e. The highest BCUT2D eigenvalue weighted by molar-refractivity contribution is 5.37. The molecule has 1 aromatic carbocycles. The molecule has 1 rings (SSSR count). The molecule has 0 radical (unpaired) electrons. The maximum Gasteiger partial charge on any atom is 0.112 e. The highest BCUT2D eigenvalue weighted by atomic mass is 16.3. The van der Waals surface area contributed by atoms with Gasteiger partial charge in [0.2, 0.25) is 0 Å². The van der Waals surface area contributed by atoms with Crippen molar-refractivity contribution in [2.24, 2.45) is 5.73 Å². The van der Waals surface area contributed by atoms with Crippen molar-refractivity contribution >= 4 is 0 Å². The Morgan fingerprint density at radius 1 is 1.54 bits per heavy atom. The summed E-state index contributed by atoms with van der Waals surface area (Å²) in [4.78, 5) is 0. The van der Waals surface area contributed by atoms with Crippen LogP contribution < -0.4 is 5.73 Å². The summed E-state index contributed by atoms with van der Waals surface area (Å²) in [7, 11) is 0. The van der Waals surface area contributed by atoms with Gasteiger partial charge >= 0.3 is 0 Å². The van der Waals surface area contributed by atoms with E-state index in [9.17, 15) is 0 Å². The molecule has 0 fully saturated rings. The lowest BCUT2D eigenvalue weighted by Gasteiger charge is -1.96. The fraction of sp³-hybridized carbons (Fsp3) is 0.273. The first-order valence-electron chi connectivity index (χ1n) is 4.21. The first kappa shape index (κ1) is 9.79. The Bertz CT molecular complexity index is 333. The van der Waals surface area contributed by atoms with Crippen LogP contribution >= 0.6 is 0 Å². The molecule has 2 nitrogen and oxygen atoms in total. The van der Waals surface area contributed by atoms with E-state index in [2.05, 4.69) is 11.8 Å². The zero-order valence-electron chi connectivity index (χ0n) is 7.62. The second kappa shape index (κ2) is 4.66. The Kier molecular flexibility index (Phi) is 3.51. The lowest BCUT2D eigenvalue weighted by Crippen LogP contribution is -1.96. The van der Waals surface area contributed by atoms with E-state index >= 15 is 0 Å². The molecule has 1 atom stereocenters. The summed E-state index contributed by atoms with van der Waals surface area (Å²) in [6, 6.07) is 7.69. The van der Waals surface area contributed by atoms with Gasteiger partial charge in [-0.2, -0.15) is 0 Å². The van der Waals surface area contributed by atoms with E-state index in [4.69, 9.17) is 10.8 Å². The van der Waals surface area contributed by atoms with Crippen LogP contribution in [-0.4, -0.2) is 11.2 Å². The minimum atomic E-state index is -0.582. The third kappa shape index (κ3) is 3.29. The highest BCUT2D eigenvalue weighted by Crippen LogP contribution is 2.02. The summed E-state index contributed by atoms with van der Waals surface area (Å²) in [5, 5.41) is 8.94. The summed E-state index contributed by atoms with van der Waals surface area (Å²) in [5.74, 6) is 5.54. The van der Waals surface area contributed by atoms with E-state index in [0.717, 1.165) is 11.1 Å². The van der Waals surface area contributed by atoms with Crippen molar-refractivity contribution < 1.29 is 5.11 Å². The highest BCUT2D eigenvalue weighted by Gasteiger charge is 1.90. The third-order valence-electron chi connectivity index (χ3n) is 1.59. The zero-order chi connectivity index (χ0) is 9.68. The van der Waals surface area contributed by atoms with E-state index in [1.165, 1.54) is 0 Å². The fourth-order valence-corrected chi connectivity index (χ4v) is 0.964. The van der Waals surface area contributed by atoms with Gasteiger partial charge < -0.3 is 10.8 Å². The monoisotopic (exact) mass is 175 g/mol. The van der Waals surface area contributed by atoms with Crippen molar-refractivity contribution in [2.75, 3.05) is 0 Å². The van der Waals surface area contributed by atoms with Crippen molar-refractivity contribution in [3.8, 4) is 11.8 Å². The SMILES string of the molecule is C[C@@H](O)C#Cc1cccc(CN)c1. The van der Waals surface area contributed by atoms with Gasteiger partial charge in [-0.15, -0.1) is 0 Å². The Morgan fingerprint density at radius 2 is 2.31 bits per heavy atom. The summed E-state index contributed by atoms with van der Waals surface area (Å²) >= 11 is 0. The summed E-state index contributed by atoms with van der Waals surface area (Å²) in [6.07, 6.45) is -0.582. The average molecular weight is 175 g/mol. The van der Waals surface area contributed by atoms with Crippen LogP contribution in [0.5, 0.6) is 0 Å². The van der Waals surface area contributed by atoms with E-state index in [0.29, 0.717) is 6.54 Å². The molecule has 0 unspecified atom stereocenters. The molecule has 2 heteroatoms. The minimum Gasteiger partial charge on any atom is -0.381 e. The molecular weight excluding hydrogens is 162 g/mol. The summed E-state index contributed by atoms with van der Waals surface area (Å²) in [5.41, 5.74) is 7.42. The lowest BCUT2D eigenvalue weighted by atomic mass is 10.1. The number of nitrogens with two attached hydrogens (primary N) is 1. The van der Waals surface area contributed by atoms with Crippen LogP contribution in [0.3, 0.4) is 0 Å². The number of rotatable bonds is 1. The first-order chi connectivity index (χ1) is 6.22. The van der Waals surface area contributed by atoms with Gasteiger partial charge in [-0.1, -0.05) is 24.0 Å². The standard InChI is InChI=1S/C11H13NO/c1-9(13)5-6-10-3-2-4-11(7-10)8-12/h2-4,7,9,13H,8,12H2,1H3/t9-/m1/s1. The Hall–Kier alpha value is -1.30. The first-order valence-corrected chi connectivity index (χ1v) is 4.21. The Balaban J connectivity index is 2.85. The number of hydrogen-bond acceptors (Lipinski definition) is 2. The van der Waals surface area contributed by atoms with Crippen LogP contribution in [-0.2, 0) is 6.54 Å². The zero-order valence-corrected chi connectivity index (χ0v) is 7.62. The van der Waals surface area contributed by atoms with Gasteiger partial charge in [-0.3, -0.25) is 0 Å². The third-order valence-corrected chi connectivity index (χ3v) is 1.59. The molecule has 1 aromatic rings. The minimum absolute atomic E-state index is 0.518. The van der Waals surface area contributed by atoms with Crippen LogP contribution in [0.15, 0.2) is 24.3 Å². The lowest BCUT2D eigenvalue weighted by molar-refractivity contribution is 0.253. The van der Waals surface area contributed by atoms with Crippen LogP contribution in [0.25, 0.3) is 0 Å². The predicted octanol–water partition coefficient (Wildman–Crippen LogP) is 0.878. The maximum absolute atomic E-state index is 8.94. The van der Waals surface area contributed by atoms with Gasteiger partial charge in [0.05, 0.1) is 0 Å². The molecule has 0 aliphatic carbocycles. The number of benzene rings is 1. The van der Waals surface area contributed by atoms with Crippen molar-refractivity contribution in [1.29, 1.82) is 0 Å². The molecule has 0 aliphatic rings. The van der Waals surface area contributed by atoms with Crippen LogP contribution in [0.4, 0.5) is 0 Å². The van der Waals surface area contributed by atoms with E-state index in [1.54, 1.807) is 6.92 Å². The van der Waals surface area contributed by atoms with E-state index in [1.807, 2.05) is 24.3 Å². The van der Waals surface area contributed by atoms with Crippen molar-refractivity contribution in [3.63, 3.8) is 0 Å². The predicted molar refractivity (Wildman–Crippen MR) is 52.9 cm³/mol. The molecule has 13 heavy (non-hydrogen) atoms. The van der Waals surface area contributed by atoms with Crippen LogP contribution in [0, 0.1) is 11.8 Å². The fourth-order valence-electron chi connectivity index (χ4n) is 0.964. The molecule has 0 aliphatic heterocycles. The largest absolute Gasteiger partial charge is 0.381 e. The second-order valence-corrected chi connectivity index (χ2v) is 2.85. The average Bonchev–Trinajstić information content (AvgIpc) is 2.15. The molecule has 0 spiro atoms. The van der Waals surface area contributed by atoms with Gasteiger partial charge in [-0.05, 0) is 24.6 Å². The Morgan fingerprint density at radius 3 is 2.92 bits per heavy atom. The van der Waals surface area contributed by atoms with E-state index in [-0.39, 0.29) is 0 Å². The number of aliphatic hydroxyl groups is 1. The molecule has 0 heterocycles. The second-order valence-electron chi connectivity index (χ2n) is 2.85. The van der Waals surface area contributed by atoms with Crippen LogP contribution in [0.1, 0.15) is 18.1 Å². The quantitative estimate of drug-likeness (QED) is 0.622. The summed E-state index contributed by atoms with van der Waals surface area (Å²) in [6.45, 7) is 2.16. The topological polar surface area (TPSA) is 46.2 Å². The number of aliphatic hydroxyl groups excluding tert-OH is 1. The molecule has 0 saturated carbocycles. The van der Waals surface area contributed by atoms with Gasteiger partial charge in [0, 0.05) is 12.1 Å². The van der Waals surface area contributed by atoms with Crippen molar-refractivity contribution in [3.05, 3.63) is 35.4 Å². The normalized spacial score (nSPS) is 11.6. The maximum atomic E-state index is 8.94. The van der Waals surface area contributed by atoms with Crippen molar-refractivity contribution in [2.45, 2.75) is 19.6 Å². The van der Waals surface area contributed by atoms with Gasteiger partial charge in [0.15, 0.2) is 0 Å². The number of hydrogen-bond donors (Lipinski definition) is 2. The Labute approximate surface area is 78.4 Å². The molecule has 0 aromatic heterocycles. The van der Waals surface area contributed by atoms with Crippen molar-refractivity contribution in [1.82, 2.24) is 0 Å². The van der Waals surface area contributed by atoms with Crippen LogP contribution in [0.2, 0.25) is 0 Å². The molecule has 0 saturated heterocycles. The molecule has 68 valence electrons. The molecule has 0 amide bonds. The molecule has 3 N–H and O–H groups in total. The summed E-state index contributed by atoms with van der Waals surface area (Å²) < 4.78 is 0. The van der Waals surface area contributed by atoms with Gasteiger partial charge in [0.25, 0.3) is 0 Å². The molecular formula is C11H13NO. The van der Waals surface area contributed by atoms with Gasteiger partial charge in [-0.25, -0.2) is 0 Å². The van der Waals surface area contributed by atoms with Gasteiger partial charge in [0.1, 0.15) is 6.10 Å².